The molecular weight excluding hydrogens is 629 g/mol. The van der Waals surface area contributed by atoms with Gasteiger partial charge in [0.25, 0.3) is 0 Å². The highest BCUT2D eigenvalue weighted by Gasteiger charge is 2.37. The Bertz CT molecular complexity index is 1780. The zero-order valence-corrected chi connectivity index (χ0v) is 29.4. The predicted molar refractivity (Wildman–Crippen MR) is 187 cm³/mol. The second-order valence-corrected chi connectivity index (χ2v) is 14.3. The number of carboxylic acid groups (broad SMARTS) is 1. The largest absolute Gasteiger partial charge is 0.507 e. The van der Waals surface area contributed by atoms with Crippen LogP contribution in [-0.2, 0) is 19.0 Å². The number of aromatic hydroxyl groups is 1. The highest BCUT2D eigenvalue weighted by molar-refractivity contribution is 5.80. The van der Waals surface area contributed by atoms with Crippen LogP contribution < -0.4 is 4.90 Å². The molecule has 0 amide bonds. The van der Waals surface area contributed by atoms with Gasteiger partial charge >= 0.3 is 5.97 Å². The summed E-state index contributed by atoms with van der Waals surface area (Å²) in [5.74, 6) is -1.06. The average molecular weight is 678 g/mol. The van der Waals surface area contributed by atoms with Gasteiger partial charge in [-0.25, -0.2) is 14.2 Å². The Balaban J connectivity index is 1.55. The Morgan fingerprint density at radius 3 is 2.41 bits per heavy atom. The fraction of sp³-hybridized carbons (Fsp3) is 0.474. The van der Waals surface area contributed by atoms with Crippen LogP contribution in [0.25, 0.3) is 28.0 Å². The number of hydrogen-bond donors (Lipinski definition) is 3. The standard InChI is InChI=1S/C38H48FN3O7/c1-23-17-28(39)33(30(44)18-23)27-10-8-9-26(20-27)29-21-42-31(40-29)19-24(2)32(34(36(45)46)49-37(4,5)6)35(42)41-13-11-38(7,12-14-41)48-16-15-47-22-25(3)43/h8-10,17-21,25,34,43-44H,11-16,22H2,1-7H3,(H,45,46)/t25-,34+/m1/s1. The van der Waals surface area contributed by atoms with Crippen LogP contribution in [0.15, 0.2) is 48.7 Å². The summed E-state index contributed by atoms with van der Waals surface area (Å²) in [6.07, 6.45) is 1.47. The van der Waals surface area contributed by atoms with E-state index in [4.69, 9.17) is 19.2 Å². The molecule has 0 bridgehead atoms. The molecule has 2 aromatic heterocycles. The number of anilines is 1. The van der Waals surface area contributed by atoms with Gasteiger partial charge in [0.05, 0.1) is 48.4 Å². The molecule has 11 heteroatoms. The molecule has 0 saturated carbocycles. The second-order valence-electron chi connectivity index (χ2n) is 14.3. The first-order valence-electron chi connectivity index (χ1n) is 16.7. The number of imidazole rings is 1. The van der Waals surface area contributed by atoms with E-state index in [0.29, 0.717) is 78.6 Å². The van der Waals surface area contributed by atoms with Crippen molar-refractivity contribution >= 4 is 17.4 Å². The number of nitrogens with zero attached hydrogens (tertiary/aromatic N) is 3. The fourth-order valence-electron chi connectivity index (χ4n) is 6.40. The SMILES string of the molecule is Cc1cc(O)c(-c2cccc(-c3cn4c(N5CCC(C)(OCCOC[C@@H](C)O)CC5)c([C@H](OC(C)(C)C)C(=O)O)c(C)cc4n3)c2)c(F)c1. The number of rotatable bonds is 12. The third-order valence-electron chi connectivity index (χ3n) is 8.75. The van der Waals surface area contributed by atoms with E-state index in [9.17, 15) is 20.1 Å². The lowest BCUT2D eigenvalue weighted by Gasteiger charge is -2.41. The van der Waals surface area contributed by atoms with Gasteiger partial charge in [-0.1, -0.05) is 18.2 Å². The summed E-state index contributed by atoms with van der Waals surface area (Å²) in [7, 11) is 0. The number of fused-ring (bicyclic) bond motifs is 1. The highest BCUT2D eigenvalue weighted by Crippen LogP contribution is 2.40. The summed E-state index contributed by atoms with van der Waals surface area (Å²) in [6.45, 7) is 15.1. The van der Waals surface area contributed by atoms with Crippen molar-refractivity contribution in [3.8, 4) is 28.1 Å². The Hall–Kier alpha value is -4.03. The molecule has 0 radical (unpaired) electrons. The lowest BCUT2D eigenvalue weighted by atomic mass is 9.92. The van der Waals surface area contributed by atoms with Crippen LogP contribution >= 0.6 is 0 Å². The van der Waals surface area contributed by atoms with Gasteiger partial charge in [0.1, 0.15) is 23.0 Å². The zero-order valence-electron chi connectivity index (χ0n) is 29.4. The van der Waals surface area contributed by atoms with E-state index in [1.807, 2.05) is 50.4 Å². The molecule has 0 unspecified atom stereocenters. The number of carboxylic acids is 1. The minimum absolute atomic E-state index is 0.117. The Labute approximate surface area is 287 Å². The van der Waals surface area contributed by atoms with Crippen LogP contribution in [0.3, 0.4) is 0 Å². The molecule has 1 saturated heterocycles. The molecule has 0 aliphatic carbocycles. The van der Waals surface area contributed by atoms with E-state index in [2.05, 4.69) is 11.8 Å². The number of aromatic nitrogens is 2. The van der Waals surface area contributed by atoms with E-state index in [0.717, 1.165) is 5.56 Å². The molecule has 3 N–H and O–H groups in total. The number of phenols is 1. The molecule has 5 rings (SSSR count). The van der Waals surface area contributed by atoms with E-state index in [-0.39, 0.29) is 17.9 Å². The number of halogens is 1. The average Bonchev–Trinajstić information content (AvgIpc) is 3.42. The van der Waals surface area contributed by atoms with Crippen LogP contribution in [0.1, 0.15) is 70.3 Å². The smallest absolute Gasteiger partial charge is 0.337 e. The van der Waals surface area contributed by atoms with E-state index in [1.54, 1.807) is 32.0 Å². The van der Waals surface area contributed by atoms with Crippen molar-refractivity contribution in [1.82, 2.24) is 9.38 Å². The Kier molecular flexibility index (Phi) is 10.7. The summed E-state index contributed by atoms with van der Waals surface area (Å²) in [5.41, 5.74) is 3.34. The molecule has 10 nitrogen and oxygen atoms in total. The van der Waals surface area contributed by atoms with Gasteiger partial charge < -0.3 is 34.4 Å². The molecule has 1 aliphatic heterocycles. The maximum atomic E-state index is 15.0. The topological polar surface area (TPSA) is 126 Å². The molecular formula is C38H48FN3O7. The van der Waals surface area contributed by atoms with Gasteiger partial charge in [0.15, 0.2) is 6.10 Å². The number of piperidine rings is 1. The molecule has 3 heterocycles. The van der Waals surface area contributed by atoms with Crippen molar-refractivity contribution in [3.63, 3.8) is 0 Å². The molecule has 4 aromatic rings. The maximum absolute atomic E-state index is 15.0. The molecule has 264 valence electrons. The van der Waals surface area contributed by atoms with Gasteiger partial charge in [0, 0.05) is 30.4 Å². The minimum Gasteiger partial charge on any atom is -0.507 e. The van der Waals surface area contributed by atoms with E-state index < -0.39 is 35.2 Å². The van der Waals surface area contributed by atoms with Crippen molar-refractivity contribution in [1.29, 1.82) is 0 Å². The summed E-state index contributed by atoms with van der Waals surface area (Å²) in [6, 6.07) is 12.0. The number of aliphatic hydroxyl groups excluding tert-OH is 1. The van der Waals surface area contributed by atoms with Gasteiger partial charge in [-0.05, 0) is 102 Å². The normalized spacial score (nSPS) is 16.2. The predicted octanol–water partition coefficient (Wildman–Crippen LogP) is 6.84. The number of ether oxygens (including phenoxy) is 3. The molecule has 0 spiro atoms. The minimum atomic E-state index is -1.24. The molecule has 2 atom stereocenters. The van der Waals surface area contributed by atoms with Gasteiger partial charge in [0.2, 0.25) is 0 Å². The third kappa shape index (κ3) is 8.41. The van der Waals surface area contributed by atoms with Crippen molar-refractivity contribution in [3.05, 3.63) is 71.2 Å². The van der Waals surface area contributed by atoms with Crippen LogP contribution in [0.5, 0.6) is 5.75 Å². The lowest BCUT2D eigenvalue weighted by molar-refractivity contribution is -0.160. The number of aryl methyl sites for hydroxylation is 2. The quantitative estimate of drug-likeness (QED) is 0.138. The highest BCUT2D eigenvalue weighted by atomic mass is 19.1. The Morgan fingerprint density at radius 1 is 1.08 bits per heavy atom. The number of pyridine rings is 1. The second kappa shape index (κ2) is 14.4. The molecule has 2 aromatic carbocycles. The maximum Gasteiger partial charge on any atom is 0.337 e. The van der Waals surface area contributed by atoms with Crippen molar-refractivity contribution in [2.24, 2.45) is 0 Å². The summed E-state index contributed by atoms with van der Waals surface area (Å²) >= 11 is 0. The van der Waals surface area contributed by atoms with Gasteiger partial charge in [-0.15, -0.1) is 0 Å². The summed E-state index contributed by atoms with van der Waals surface area (Å²) in [5, 5.41) is 30.5. The van der Waals surface area contributed by atoms with E-state index >= 15 is 4.39 Å². The van der Waals surface area contributed by atoms with Crippen molar-refractivity contribution < 1.29 is 38.7 Å². The number of aliphatic carboxylic acids is 1. The first-order valence-corrected chi connectivity index (χ1v) is 16.7. The summed E-state index contributed by atoms with van der Waals surface area (Å²) in [4.78, 5) is 19.9. The number of hydrogen-bond acceptors (Lipinski definition) is 8. The first kappa shape index (κ1) is 36.3. The lowest BCUT2D eigenvalue weighted by Crippen LogP contribution is -2.46. The van der Waals surface area contributed by atoms with Gasteiger partial charge in [-0.2, -0.15) is 0 Å². The first-order chi connectivity index (χ1) is 23.0. The van der Waals surface area contributed by atoms with Gasteiger partial charge in [-0.3, -0.25) is 4.40 Å². The summed E-state index contributed by atoms with van der Waals surface area (Å²) < 4.78 is 34.9. The van der Waals surface area contributed by atoms with Crippen LogP contribution in [0.2, 0.25) is 0 Å². The van der Waals surface area contributed by atoms with Crippen molar-refractivity contribution in [2.75, 3.05) is 37.8 Å². The number of carbonyl (C=O) groups is 1. The third-order valence-corrected chi connectivity index (χ3v) is 8.75. The zero-order chi connectivity index (χ0) is 35.7. The number of aliphatic hydroxyl groups is 1. The van der Waals surface area contributed by atoms with Crippen LogP contribution in [-0.4, -0.2) is 80.9 Å². The number of benzene rings is 2. The van der Waals surface area contributed by atoms with Crippen molar-refractivity contribution in [2.45, 2.75) is 84.7 Å². The molecule has 1 fully saturated rings. The molecule has 49 heavy (non-hydrogen) atoms. The van der Waals surface area contributed by atoms with E-state index in [1.165, 1.54) is 12.1 Å². The van der Waals surface area contributed by atoms with Crippen LogP contribution in [0, 0.1) is 19.7 Å². The van der Waals surface area contributed by atoms with Crippen LogP contribution in [0.4, 0.5) is 10.2 Å². The number of phenolic OH excluding ortho intramolecular Hbond substituents is 1. The molecule has 1 aliphatic rings. The Morgan fingerprint density at radius 2 is 1.78 bits per heavy atom. The monoisotopic (exact) mass is 677 g/mol. The fourth-order valence-corrected chi connectivity index (χ4v) is 6.40.